The van der Waals surface area contributed by atoms with Gasteiger partial charge >= 0.3 is 6.61 Å². The molecule has 0 saturated carbocycles. The van der Waals surface area contributed by atoms with Crippen molar-refractivity contribution in [2.24, 2.45) is 7.05 Å². The Balaban J connectivity index is 1.60. The maximum Gasteiger partial charge on any atom is 0.387 e. The molecular weight excluding hydrogens is 454 g/mol. The molecule has 1 aliphatic rings. The maximum absolute atomic E-state index is 12.5. The number of hydrogen-bond acceptors (Lipinski definition) is 6. The van der Waals surface area contributed by atoms with Crippen molar-refractivity contribution in [1.29, 1.82) is 0 Å². The van der Waals surface area contributed by atoms with Crippen LogP contribution in [-0.2, 0) is 11.8 Å². The number of carbonyl (C=O) groups is 3. The van der Waals surface area contributed by atoms with Gasteiger partial charge in [0.25, 0.3) is 17.1 Å². The number of amides is 3. The van der Waals surface area contributed by atoms with Gasteiger partial charge in [0.2, 0.25) is 0 Å². The topological polar surface area (TPSA) is 93.5 Å². The van der Waals surface area contributed by atoms with Crippen molar-refractivity contribution in [3.8, 4) is 5.75 Å². The number of ether oxygens (including phenoxy) is 1. The predicted octanol–water partition coefficient (Wildman–Crippen LogP) is 3.45. The molecule has 1 N–H and O–H groups in total. The summed E-state index contributed by atoms with van der Waals surface area (Å²) < 4.78 is 30.1. The molecular formula is C19H17ClF2N4O4S. The average molecular weight is 471 g/mol. The summed E-state index contributed by atoms with van der Waals surface area (Å²) in [6.45, 7) is -1.27. The number of aromatic nitrogens is 2. The second kappa shape index (κ2) is 9.48. The first-order valence-corrected chi connectivity index (χ1v) is 10.1. The van der Waals surface area contributed by atoms with Crippen molar-refractivity contribution in [3.63, 3.8) is 0 Å². The maximum atomic E-state index is 12.5. The molecule has 1 aromatic carbocycles. The van der Waals surface area contributed by atoms with E-state index in [1.54, 1.807) is 14.0 Å². The van der Waals surface area contributed by atoms with Gasteiger partial charge in [0, 0.05) is 20.1 Å². The van der Waals surface area contributed by atoms with Crippen molar-refractivity contribution in [2.75, 3.05) is 13.1 Å². The molecule has 3 rings (SSSR count). The molecule has 164 valence electrons. The molecule has 1 aromatic heterocycles. The molecule has 2 aromatic rings. The fourth-order valence-corrected chi connectivity index (χ4v) is 3.97. The normalized spacial score (nSPS) is 15.3. The third-order valence-electron chi connectivity index (χ3n) is 4.28. The van der Waals surface area contributed by atoms with Crippen molar-refractivity contribution >= 4 is 46.5 Å². The summed E-state index contributed by atoms with van der Waals surface area (Å²) in [4.78, 5) is 38.3. The van der Waals surface area contributed by atoms with Gasteiger partial charge in [-0.3, -0.25) is 24.0 Å². The lowest BCUT2D eigenvalue weighted by atomic mass is 10.2. The van der Waals surface area contributed by atoms with E-state index in [-0.39, 0.29) is 34.5 Å². The SMILES string of the molecule is Cc1nn(C)c(Cl)c1C(=O)NCCN1C(=O)S/C(=C\c2ccc(OC(F)F)cc2)C1=O. The Kier molecular flexibility index (Phi) is 6.96. The van der Waals surface area contributed by atoms with Crippen LogP contribution in [0.5, 0.6) is 5.75 Å². The number of imide groups is 1. The highest BCUT2D eigenvalue weighted by atomic mass is 35.5. The molecule has 3 amide bonds. The first-order valence-electron chi connectivity index (χ1n) is 8.95. The number of halogens is 3. The Morgan fingerprint density at radius 3 is 2.58 bits per heavy atom. The molecule has 0 radical (unpaired) electrons. The summed E-state index contributed by atoms with van der Waals surface area (Å²) in [5.41, 5.74) is 1.24. The highest BCUT2D eigenvalue weighted by Gasteiger charge is 2.34. The van der Waals surface area contributed by atoms with Gasteiger partial charge in [0.05, 0.1) is 16.2 Å². The Bertz CT molecular complexity index is 1060. The van der Waals surface area contributed by atoms with E-state index < -0.39 is 23.7 Å². The number of alkyl halides is 2. The summed E-state index contributed by atoms with van der Waals surface area (Å²) >= 11 is 6.81. The highest BCUT2D eigenvalue weighted by Crippen LogP contribution is 2.32. The van der Waals surface area contributed by atoms with Crippen LogP contribution in [0.25, 0.3) is 6.08 Å². The number of nitrogens with zero attached hydrogens (tertiary/aromatic N) is 3. The summed E-state index contributed by atoms with van der Waals surface area (Å²) in [5, 5.41) is 6.40. The Morgan fingerprint density at radius 2 is 2.00 bits per heavy atom. The number of aryl methyl sites for hydroxylation is 2. The Hall–Kier alpha value is -2.92. The van der Waals surface area contributed by atoms with Gasteiger partial charge in [-0.2, -0.15) is 13.9 Å². The van der Waals surface area contributed by atoms with Gasteiger partial charge in [-0.1, -0.05) is 23.7 Å². The number of carbonyl (C=O) groups excluding carboxylic acids is 3. The molecule has 0 atom stereocenters. The van der Waals surface area contributed by atoms with Crippen LogP contribution in [0, 0.1) is 6.92 Å². The first-order chi connectivity index (χ1) is 14.7. The zero-order valence-electron chi connectivity index (χ0n) is 16.4. The molecule has 1 aliphatic heterocycles. The number of rotatable bonds is 7. The molecule has 0 unspecified atom stereocenters. The highest BCUT2D eigenvalue weighted by molar-refractivity contribution is 8.18. The van der Waals surface area contributed by atoms with Gasteiger partial charge < -0.3 is 10.1 Å². The monoisotopic (exact) mass is 470 g/mol. The van der Waals surface area contributed by atoms with Gasteiger partial charge in [0.1, 0.15) is 10.9 Å². The largest absolute Gasteiger partial charge is 0.435 e. The van der Waals surface area contributed by atoms with E-state index in [0.717, 1.165) is 16.7 Å². The molecule has 2 heterocycles. The van der Waals surface area contributed by atoms with E-state index in [1.807, 2.05) is 0 Å². The van der Waals surface area contributed by atoms with E-state index in [4.69, 9.17) is 11.6 Å². The molecule has 31 heavy (non-hydrogen) atoms. The first kappa shape index (κ1) is 22.8. The van der Waals surface area contributed by atoms with Crippen LogP contribution in [0.15, 0.2) is 29.2 Å². The van der Waals surface area contributed by atoms with Gasteiger partial charge in [0.15, 0.2) is 0 Å². The number of benzene rings is 1. The molecule has 1 saturated heterocycles. The summed E-state index contributed by atoms with van der Waals surface area (Å²) in [7, 11) is 1.61. The lowest BCUT2D eigenvalue weighted by molar-refractivity contribution is -0.122. The zero-order chi connectivity index (χ0) is 22.7. The molecule has 0 aliphatic carbocycles. The standard InChI is InChI=1S/C19H17ClF2N4O4S/c1-10-14(15(20)25(2)24-10)16(27)23-7-8-26-17(28)13(31-19(26)29)9-11-3-5-12(6-4-11)30-18(21)22/h3-6,9,18H,7-8H2,1-2H3,(H,23,27)/b13-9-. The lowest BCUT2D eigenvalue weighted by Crippen LogP contribution is -2.37. The minimum atomic E-state index is -2.93. The summed E-state index contributed by atoms with van der Waals surface area (Å²) in [5.74, 6) is -0.975. The number of nitrogens with one attached hydrogen (secondary N) is 1. The Morgan fingerprint density at radius 1 is 1.32 bits per heavy atom. The average Bonchev–Trinajstić information content (AvgIpc) is 3.11. The van der Waals surface area contributed by atoms with Gasteiger partial charge in [-0.05, 0) is 42.5 Å². The van der Waals surface area contributed by atoms with E-state index >= 15 is 0 Å². The van der Waals surface area contributed by atoms with E-state index in [0.29, 0.717) is 11.3 Å². The quantitative estimate of drug-likeness (QED) is 0.623. The van der Waals surface area contributed by atoms with E-state index in [9.17, 15) is 23.2 Å². The second-order valence-electron chi connectivity index (χ2n) is 6.41. The van der Waals surface area contributed by atoms with Crippen LogP contribution >= 0.6 is 23.4 Å². The van der Waals surface area contributed by atoms with Crippen LogP contribution in [0.1, 0.15) is 21.6 Å². The minimum Gasteiger partial charge on any atom is -0.435 e. The fraction of sp³-hybridized carbons (Fsp3) is 0.263. The number of hydrogen-bond donors (Lipinski definition) is 1. The van der Waals surface area contributed by atoms with Crippen molar-refractivity contribution in [2.45, 2.75) is 13.5 Å². The summed E-state index contributed by atoms with van der Waals surface area (Å²) in [6.07, 6.45) is 1.48. The Labute approximate surface area is 185 Å². The van der Waals surface area contributed by atoms with Crippen LogP contribution < -0.4 is 10.1 Å². The molecule has 8 nitrogen and oxygen atoms in total. The molecule has 0 bridgehead atoms. The summed E-state index contributed by atoms with van der Waals surface area (Å²) in [6, 6.07) is 5.66. The fourth-order valence-electron chi connectivity index (χ4n) is 2.85. The predicted molar refractivity (Wildman–Crippen MR) is 111 cm³/mol. The number of thioether (sulfide) groups is 1. The van der Waals surface area contributed by atoms with Gasteiger partial charge in [-0.25, -0.2) is 0 Å². The smallest absolute Gasteiger partial charge is 0.387 e. The van der Waals surface area contributed by atoms with Crippen LogP contribution in [0.3, 0.4) is 0 Å². The van der Waals surface area contributed by atoms with E-state index in [2.05, 4.69) is 15.2 Å². The second-order valence-corrected chi connectivity index (χ2v) is 7.76. The zero-order valence-corrected chi connectivity index (χ0v) is 18.0. The molecule has 0 spiro atoms. The molecule has 1 fully saturated rings. The van der Waals surface area contributed by atoms with Crippen molar-refractivity contribution in [3.05, 3.63) is 51.1 Å². The van der Waals surface area contributed by atoms with Gasteiger partial charge in [-0.15, -0.1) is 0 Å². The van der Waals surface area contributed by atoms with Crippen LogP contribution in [0.4, 0.5) is 13.6 Å². The van der Waals surface area contributed by atoms with Crippen molar-refractivity contribution in [1.82, 2.24) is 20.0 Å². The van der Waals surface area contributed by atoms with Crippen molar-refractivity contribution < 1.29 is 27.9 Å². The minimum absolute atomic E-state index is 0.0139. The molecule has 12 heteroatoms. The van der Waals surface area contributed by atoms with E-state index in [1.165, 1.54) is 35.0 Å². The van der Waals surface area contributed by atoms with Crippen LogP contribution in [0.2, 0.25) is 5.15 Å². The third-order valence-corrected chi connectivity index (χ3v) is 5.62. The van der Waals surface area contributed by atoms with Crippen LogP contribution in [-0.4, -0.2) is 51.4 Å². The third kappa shape index (κ3) is 5.23. The lowest BCUT2D eigenvalue weighted by Gasteiger charge is -2.13.